The van der Waals surface area contributed by atoms with Gasteiger partial charge in [-0.25, -0.2) is 23.1 Å². The maximum Gasteiger partial charge on any atom is 0.342 e. The highest BCUT2D eigenvalue weighted by Crippen LogP contribution is 2.31. The van der Waals surface area contributed by atoms with Gasteiger partial charge in [0.1, 0.15) is 35.6 Å². The third kappa shape index (κ3) is 6.22. The van der Waals surface area contributed by atoms with Crippen LogP contribution < -0.4 is 10.5 Å². The van der Waals surface area contributed by atoms with Crippen molar-refractivity contribution in [2.45, 2.75) is 42.1 Å². The van der Waals surface area contributed by atoms with Gasteiger partial charge in [0, 0.05) is 0 Å². The monoisotopic (exact) mass is 546 g/mol. The number of hydrogen-bond acceptors (Lipinski definition) is 12. The summed E-state index contributed by atoms with van der Waals surface area (Å²) < 4.78 is 44.2. The zero-order valence-electron chi connectivity index (χ0n) is 18.4. The number of carbonyl (C=O) groups excluding carboxylic acids is 2. The van der Waals surface area contributed by atoms with Gasteiger partial charge in [-0.1, -0.05) is 24.3 Å². The minimum Gasteiger partial charge on any atom is -0.467 e. The number of hydrogen-bond donors (Lipinski definition) is 5. The second-order valence-corrected chi connectivity index (χ2v) is 9.46. The number of sulfonamides is 1. The fourth-order valence-corrected chi connectivity index (χ4v) is 4.31. The van der Waals surface area contributed by atoms with Crippen LogP contribution in [0.15, 0.2) is 52.5 Å². The number of aliphatic hydroxyl groups is 3. The predicted molar refractivity (Wildman–Crippen MR) is 122 cm³/mol. The van der Waals surface area contributed by atoms with Gasteiger partial charge in [-0.2, -0.15) is 0 Å². The van der Waals surface area contributed by atoms with Crippen LogP contribution in [0.4, 0.5) is 5.69 Å². The standard InChI is InChI=1S/C21H23ClN2O11S/c1-2-5-33-20(29)18-16(26)15(25)17(27)21(34-18)35-19(28)11-7-14(36(23,30)31)12(22)8-13(11)24-9-10-4-3-6-32-10/h2-4,6-8,15-18,21,24-27H,1,5,9H2,(H2,23,30,31). The molecule has 13 nitrogen and oxygen atoms in total. The van der Waals surface area contributed by atoms with Gasteiger partial charge in [-0.15, -0.1) is 0 Å². The van der Waals surface area contributed by atoms with Crippen molar-refractivity contribution in [2.75, 3.05) is 11.9 Å². The largest absolute Gasteiger partial charge is 0.467 e. The molecule has 0 bridgehead atoms. The average Bonchev–Trinajstić information content (AvgIpc) is 3.34. The molecule has 2 aromatic rings. The molecule has 196 valence electrons. The van der Waals surface area contributed by atoms with Crippen LogP contribution in [-0.2, 0) is 35.6 Å². The number of esters is 2. The first-order valence-corrected chi connectivity index (χ1v) is 12.2. The average molecular weight is 547 g/mol. The summed E-state index contributed by atoms with van der Waals surface area (Å²) in [6.45, 7) is 3.19. The minimum absolute atomic E-state index is 0.00150. The molecule has 1 aromatic heterocycles. The summed E-state index contributed by atoms with van der Waals surface area (Å²) in [7, 11) is -4.36. The second kappa shape index (κ2) is 11.4. The van der Waals surface area contributed by atoms with Crippen molar-refractivity contribution >= 4 is 39.3 Å². The topological polar surface area (TPSA) is 208 Å². The van der Waals surface area contributed by atoms with Crippen LogP contribution >= 0.6 is 11.6 Å². The van der Waals surface area contributed by atoms with Gasteiger partial charge in [0.15, 0.2) is 6.10 Å². The van der Waals surface area contributed by atoms with E-state index < -0.39 is 63.1 Å². The molecule has 15 heteroatoms. The normalized spacial score (nSPS) is 24.1. The molecule has 6 N–H and O–H groups in total. The molecule has 2 heterocycles. The Morgan fingerprint density at radius 2 is 1.94 bits per heavy atom. The Balaban J connectivity index is 1.90. The van der Waals surface area contributed by atoms with Crippen molar-refractivity contribution in [3.05, 3.63) is 59.5 Å². The molecule has 1 fully saturated rings. The van der Waals surface area contributed by atoms with Gasteiger partial charge >= 0.3 is 11.9 Å². The highest BCUT2D eigenvalue weighted by Gasteiger charge is 2.49. The summed E-state index contributed by atoms with van der Waals surface area (Å²) in [5.74, 6) is -1.90. The Bertz CT molecular complexity index is 1220. The van der Waals surface area contributed by atoms with Crippen molar-refractivity contribution in [3.63, 3.8) is 0 Å². The number of aliphatic hydroxyl groups excluding tert-OH is 3. The first-order chi connectivity index (χ1) is 16.9. The molecule has 0 amide bonds. The number of rotatable bonds is 9. The highest BCUT2D eigenvalue weighted by atomic mass is 35.5. The highest BCUT2D eigenvalue weighted by molar-refractivity contribution is 7.89. The summed E-state index contributed by atoms with van der Waals surface area (Å²) in [5, 5.41) is 38.2. The number of halogens is 1. The number of primary sulfonamides is 1. The van der Waals surface area contributed by atoms with Crippen LogP contribution in [0.2, 0.25) is 5.02 Å². The Morgan fingerprint density at radius 1 is 1.22 bits per heavy atom. The first-order valence-electron chi connectivity index (χ1n) is 10.2. The van der Waals surface area contributed by atoms with Gasteiger partial charge < -0.3 is 39.3 Å². The van der Waals surface area contributed by atoms with Crippen molar-refractivity contribution in [1.82, 2.24) is 0 Å². The summed E-state index contributed by atoms with van der Waals surface area (Å²) in [6.07, 6.45) is -6.94. The lowest BCUT2D eigenvalue weighted by Gasteiger charge is -2.38. The van der Waals surface area contributed by atoms with Crippen molar-refractivity contribution in [2.24, 2.45) is 5.14 Å². The van der Waals surface area contributed by atoms with Crippen LogP contribution in [0, 0.1) is 0 Å². The lowest BCUT2D eigenvalue weighted by Crippen LogP contribution is -2.60. The third-order valence-electron chi connectivity index (χ3n) is 5.00. The van der Waals surface area contributed by atoms with E-state index in [0.29, 0.717) is 5.76 Å². The van der Waals surface area contributed by atoms with Crippen LogP contribution in [0.5, 0.6) is 0 Å². The fraction of sp³-hybridized carbons (Fsp3) is 0.333. The summed E-state index contributed by atoms with van der Waals surface area (Å²) >= 11 is 6.04. The number of nitrogens with two attached hydrogens (primary N) is 1. The van der Waals surface area contributed by atoms with Gasteiger partial charge in [0.2, 0.25) is 16.3 Å². The number of ether oxygens (including phenoxy) is 3. The third-order valence-corrected chi connectivity index (χ3v) is 6.38. The zero-order valence-corrected chi connectivity index (χ0v) is 20.0. The lowest BCUT2D eigenvalue weighted by atomic mass is 9.99. The molecular formula is C21H23ClN2O11S. The van der Waals surface area contributed by atoms with E-state index in [9.17, 15) is 33.3 Å². The van der Waals surface area contributed by atoms with E-state index in [-0.39, 0.29) is 23.9 Å². The van der Waals surface area contributed by atoms with Gasteiger partial charge in [-0.3, -0.25) is 0 Å². The van der Waals surface area contributed by atoms with Gasteiger partial charge in [-0.05, 0) is 24.3 Å². The Kier molecular flexibility index (Phi) is 8.73. The second-order valence-electron chi connectivity index (χ2n) is 7.53. The van der Waals surface area contributed by atoms with E-state index in [4.69, 9.17) is 35.4 Å². The van der Waals surface area contributed by atoms with Crippen LogP contribution in [0.1, 0.15) is 16.1 Å². The molecular weight excluding hydrogens is 524 g/mol. The van der Waals surface area contributed by atoms with Crippen molar-refractivity contribution in [3.8, 4) is 0 Å². The van der Waals surface area contributed by atoms with E-state index in [0.717, 1.165) is 12.1 Å². The Hall–Kier alpha value is -2.98. The summed E-state index contributed by atoms with van der Waals surface area (Å²) in [6, 6.07) is 5.23. The number of furan rings is 1. The molecule has 0 saturated carbocycles. The molecule has 1 aliphatic rings. The van der Waals surface area contributed by atoms with E-state index in [1.165, 1.54) is 12.3 Å². The number of nitrogens with one attached hydrogen (secondary N) is 1. The molecule has 1 saturated heterocycles. The van der Waals surface area contributed by atoms with Gasteiger partial charge in [0.25, 0.3) is 0 Å². The zero-order chi connectivity index (χ0) is 26.6. The SMILES string of the molecule is C=CCOC(=O)C1OC(OC(=O)c2cc(S(N)(=O)=O)c(Cl)cc2NCc2ccco2)C(O)C(O)C1O. The van der Waals surface area contributed by atoms with E-state index in [1.54, 1.807) is 12.1 Å². The maximum atomic E-state index is 13.0. The predicted octanol–water partition coefficient (Wildman–Crippen LogP) is -0.114. The lowest BCUT2D eigenvalue weighted by molar-refractivity contribution is -0.279. The first kappa shape index (κ1) is 27.6. The fourth-order valence-electron chi connectivity index (χ4n) is 3.21. The van der Waals surface area contributed by atoms with E-state index in [1.807, 2.05) is 0 Å². The molecule has 0 aliphatic carbocycles. The van der Waals surface area contributed by atoms with Crippen LogP contribution in [0.25, 0.3) is 0 Å². The summed E-state index contributed by atoms with van der Waals surface area (Å²) in [4.78, 5) is 24.6. The van der Waals surface area contributed by atoms with E-state index >= 15 is 0 Å². The van der Waals surface area contributed by atoms with E-state index in [2.05, 4.69) is 11.9 Å². The van der Waals surface area contributed by atoms with Crippen molar-refractivity contribution in [1.29, 1.82) is 0 Å². The smallest absolute Gasteiger partial charge is 0.342 e. The summed E-state index contributed by atoms with van der Waals surface area (Å²) in [5.41, 5.74) is -0.390. The molecule has 0 spiro atoms. The molecule has 1 aromatic carbocycles. The number of carbonyl (C=O) groups is 2. The minimum atomic E-state index is -4.36. The molecule has 1 aliphatic heterocycles. The van der Waals surface area contributed by atoms with Gasteiger partial charge in [0.05, 0.1) is 29.1 Å². The molecule has 0 radical (unpaired) electrons. The Labute approximate surface area is 210 Å². The van der Waals surface area contributed by atoms with Crippen molar-refractivity contribution < 1.29 is 52.0 Å². The quantitative estimate of drug-likeness (QED) is 0.206. The molecule has 36 heavy (non-hydrogen) atoms. The van der Waals surface area contributed by atoms with Crippen LogP contribution in [0.3, 0.4) is 0 Å². The van der Waals surface area contributed by atoms with Crippen LogP contribution in [-0.4, -0.2) is 73.0 Å². The molecule has 5 unspecified atom stereocenters. The molecule has 3 rings (SSSR count). The number of benzene rings is 1. The molecule has 5 atom stereocenters. The Morgan fingerprint density at radius 3 is 2.56 bits per heavy atom. The maximum absolute atomic E-state index is 13.0. The number of anilines is 1.